The predicted molar refractivity (Wildman–Crippen MR) is 250 cm³/mol. The summed E-state index contributed by atoms with van der Waals surface area (Å²) in [6, 6.07) is 0. The minimum Gasteiger partial charge on any atom is -0.756 e. The first kappa shape index (κ1) is 58.8. The van der Waals surface area contributed by atoms with E-state index in [1.54, 1.807) is 0 Å². The van der Waals surface area contributed by atoms with Gasteiger partial charge in [-0.15, -0.1) is 0 Å². The number of nitrogens with zero attached hydrogens (tertiary/aromatic N) is 1. The van der Waals surface area contributed by atoms with Gasteiger partial charge in [-0.1, -0.05) is 206 Å². The standard InChI is InChI=1S/C50H98NO8P/c1-6-8-10-12-14-16-18-19-20-21-22-23-24-25-26-27-28-29-30-31-33-35-37-39-41-43-50(53)59-48(47-58-60(54,55)57-45-44-51(3,4)5)46-56-49(52)42-40-38-36-34-32-17-15-13-11-9-7-2/h21-22,48H,6-20,23-47H2,1-5H3/b22-21-. The van der Waals surface area contributed by atoms with Crippen LogP contribution in [0.15, 0.2) is 12.2 Å². The van der Waals surface area contributed by atoms with E-state index in [-0.39, 0.29) is 32.0 Å². The lowest BCUT2D eigenvalue weighted by atomic mass is 10.0. The maximum Gasteiger partial charge on any atom is 0.306 e. The van der Waals surface area contributed by atoms with Gasteiger partial charge >= 0.3 is 11.9 Å². The van der Waals surface area contributed by atoms with Gasteiger partial charge in [0.15, 0.2) is 6.10 Å². The molecule has 0 aliphatic carbocycles. The SMILES string of the molecule is CCCCCCCCCC/C=C\CCCCCCCCCCCCCCCC(=O)OC(COC(=O)CCCCCCCCCCCCC)COP(=O)([O-])OCC[N+](C)(C)C. The van der Waals surface area contributed by atoms with Gasteiger partial charge in [0.1, 0.15) is 19.8 Å². The number of carbonyl (C=O) groups excluding carboxylic acids is 2. The Morgan fingerprint density at radius 3 is 1.23 bits per heavy atom. The normalized spacial score (nSPS) is 13.5. The third-order valence-electron chi connectivity index (χ3n) is 11.3. The summed E-state index contributed by atoms with van der Waals surface area (Å²) in [5.41, 5.74) is 0. The number of hydrogen-bond acceptors (Lipinski definition) is 8. The van der Waals surface area contributed by atoms with Crippen LogP contribution in [-0.4, -0.2) is 70.0 Å². The third kappa shape index (κ3) is 46.3. The summed E-state index contributed by atoms with van der Waals surface area (Å²) in [4.78, 5) is 37.6. The number of quaternary nitrogens is 1. The first-order valence-electron chi connectivity index (χ1n) is 25.4. The molecular formula is C50H98NO8P. The minimum absolute atomic E-state index is 0.0272. The molecule has 0 aromatic heterocycles. The van der Waals surface area contributed by atoms with Gasteiger partial charge in [0.05, 0.1) is 27.7 Å². The minimum atomic E-state index is -4.62. The molecule has 0 saturated heterocycles. The van der Waals surface area contributed by atoms with Crippen LogP contribution >= 0.6 is 7.82 Å². The Bertz CT molecular complexity index is 1030. The highest BCUT2D eigenvalue weighted by atomic mass is 31.2. The Morgan fingerprint density at radius 2 is 0.850 bits per heavy atom. The van der Waals surface area contributed by atoms with Crippen molar-refractivity contribution in [3.63, 3.8) is 0 Å². The largest absolute Gasteiger partial charge is 0.756 e. The van der Waals surface area contributed by atoms with E-state index in [9.17, 15) is 19.0 Å². The summed E-state index contributed by atoms with van der Waals surface area (Å²) in [6.45, 7) is 4.26. The highest BCUT2D eigenvalue weighted by Gasteiger charge is 2.21. The smallest absolute Gasteiger partial charge is 0.306 e. The van der Waals surface area contributed by atoms with Gasteiger partial charge in [-0.05, 0) is 38.5 Å². The van der Waals surface area contributed by atoms with Crippen molar-refractivity contribution in [1.29, 1.82) is 0 Å². The first-order valence-corrected chi connectivity index (χ1v) is 26.9. The Hall–Kier alpha value is -1.25. The number of unbranched alkanes of at least 4 members (excludes halogenated alkanes) is 31. The van der Waals surface area contributed by atoms with E-state index in [0.717, 1.165) is 32.1 Å². The number of carbonyl (C=O) groups is 2. The van der Waals surface area contributed by atoms with Gasteiger partial charge in [0, 0.05) is 12.8 Å². The van der Waals surface area contributed by atoms with Crippen LogP contribution in [0.3, 0.4) is 0 Å². The number of esters is 2. The molecule has 0 amide bonds. The molecule has 0 N–H and O–H groups in total. The quantitative estimate of drug-likeness (QED) is 0.0195. The molecule has 0 aromatic carbocycles. The van der Waals surface area contributed by atoms with E-state index < -0.39 is 26.5 Å². The van der Waals surface area contributed by atoms with Crippen molar-refractivity contribution in [3.05, 3.63) is 12.2 Å². The van der Waals surface area contributed by atoms with E-state index in [0.29, 0.717) is 17.4 Å². The molecule has 0 fully saturated rings. The second-order valence-corrected chi connectivity index (χ2v) is 20.0. The van der Waals surface area contributed by atoms with Crippen molar-refractivity contribution in [2.24, 2.45) is 0 Å². The number of phosphoric ester groups is 1. The Morgan fingerprint density at radius 1 is 0.500 bits per heavy atom. The number of likely N-dealkylation sites (N-methyl/N-ethyl adjacent to an activating group) is 1. The van der Waals surface area contributed by atoms with Crippen molar-refractivity contribution in [2.45, 2.75) is 251 Å². The van der Waals surface area contributed by atoms with Crippen LogP contribution in [0.5, 0.6) is 0 Å². The van der Waals surface area contributed by atoms with Gasteiger partial charge < -0.3 is 27.9 Å². The highest BCUT2D eigenvalue weighted by molar-refractivity contribution is 7.45. The molecule has 0 aliphatic heterocycles. The zero-order chi connectivity index (χ0) is 44.3. The van der Waals surface area contributed by atoms with Crippen LogP contribution < -0.4 is 4.89 Å². The van der Waals surface area contributed by atoms with Gasteiger partial charge in [0.25, 0.3) is 7.82 Å². The van der Waals surface area contributed by atoms with E-state index in [2.05, 4.69) is 26.0 Å². The highest BCUT2D eigenvalue weighted by Crippen LogP contribution is 2.38. The van der Waals surface area contributed by atoms with Gasteiger partial charge in [-0.3, -0.25) is 14.2 Å². The lowest BCUT2D eigenvalue weighted by Gasteiger charge is -2.28. The fraction of sp³-hybridized carbons (Fsp3) is 0.920. The van der Waals surface area contributed by atoms with Crippen molar-refractivity contribution in [2.75, 3.05) is 47.5 Å². The monoisotopic (exact) mass is 872 g/mol. The van der Waals surface area contributed by atoms with Crippen molar-refractivity contribution in [1.82, 2.24) is 0 Å². The van der Waals surface area contributed by atoms with E-state index in [1.165, 1.54) is 180 Å². The molecule has 0 saturated carbocycles. The fourth-order valence-electron chi connectivity index (χ4n) is 7.30. The average molecular weight is 872 g/mol. The molecule has 2 atom stereocenters. The van der Waals surface area contributed by atoms with Crippen LogP contribution in [0, 0.1) is 0 Å². The van der Waals surface area contributed by atoms with E-state index in [4.69, 9.17) is 18.5 Å². The van der Waals surface area contributed by atoms with E-state index in [1.807, 2.05) is 21.1 Å². The molecule has 10 heteroatoms. The van der Waals surface area contributed by atoms with Gasteiger partial charge in [-0.25, -0.2) is 0 Å². The molecule has 60 heavy (non-hydrogen) atoms. The predicted octanol–water partition coefficient (Wildman–Crippen LogP) is 14.3. The van der Waals surface area contributed by atoms with Crippen LogP contribution in [0.4, 0.5) is 0 Å². The maximum atomic E-state index is 12.7. The molecular weight excluding hydrogens is 774 g/mol. The molecule has 9 nitrogen and oxygen atoms in total. The molecule has 0 rings (SSSR count). The number of hydrogen-bond donors (Lipinski definition) is 0. The average Bonchev–Trinajstić information content (AvgIpc) is 3.20. The van der Waals surface area contributed by atoms with Crippen LogP contribution in [0.25, 0.3) is 0 Å². The van der Waals surface area contributed by atoms with Crippen LogP contribution in [0.1, 0.15) is 245 Å². The van der Waals surface area contributed by atoms with E-state index >= 15 is 0 Å². The summed E-state index contributed by atoms with van der Waals surface area (Å²) >= 11 is 0. The summed E-state index contributed by atoms with van der Waals surface area (Å²) in [6.07, 6.45) is 46.8. The zero-order valence-corrected chi connectivity index (χ0v) is 41.1. The summed E-state index contributed by atoms with van der Waals surface area (Å²) in [5.74, 6) is -0.822. The molecule has 356 valence electrons. The molecule has 2 unspecified atom stereocenters. The second kappa shape index (κ2) is 43.0. The van der Waals surface area contributed by atoms with Crippen LogP contribution in [-0.2, 0) is 32.7 Å². The number of ether oxygens (including phenoxy) is 2. The third-order valence-corrected chi connectivity index (χ3v) is 12.2. The molecule has 0 aromatic rings. The Kier molecular flexibility index (Phi) is 42.1. The molecule has 0 bridgehead atoms. The second-order valence-electron chi connectivity index (χ2n) is 18.5. The van der Waals surface area contributed by atoms with Crippen molar-refractivity contribution < 1.29 is 42.1 Å². The number of allylic oxidation sites excluding steroid dienone is 2. The Labute approximate surface area is 371 Å². The summed E-state index contributed by atoms with van der Waals surface area (Å²) in [7, 11) is 1.18. The molecule has 0 radical (unpaired) electrons. The molecule has 0 heterocycles. The topological polar surface area (TPSA) is 111 Å². The fourth-order valence-corrected chi connectivity index (χ4v) is 8.03. The lowest BCUT2D eigenvalue weighted by molar-refractivity contribution is -0.870. The van der Waals surface area contributed by atoms with Gasteiger partial charge in [0.2, 0.25) is 0 Å². The molecule has 0 aliphatic rings. The van der Waals surface area contributed by atoms with Crippen molar-refractivity contribution in [3.8, 4) is 0 Å². The molecule has 0 spiro atoms. The maximum absolute atomic E-state index is 12.7. The first-order chi connectivity index (χ1) is 29.0. The Balaban J connectivity index is 4.12. The van der Waals surface area contributed by atoms with Gasteiger partial charge in [-0.2, -0.15) is 0 Å². The lowest BCUT2D eigenvalue weighted by Crippen LogP contribution is -2.37. The summed E-state index contributed by atoms with van der Waals surface area (Å²) < 4.78 is 34.0. The van der Waals surface area contributed by atoms with Crippen molar-refractivity contribution >= 4 is 19.8 Å². The summed E-state index contributed by atoms with van der Waals surface area (Å²) in [5, 5.41) is 0. The number of phosphoric acid groups is 1. The zero-order valence-electron chi connectivity index (χ0n) is 40.2. The van der Waals surface area contributed by atoms with Crippen LogP contribution in [0.2, 0.25) is 0 Å². The number of rotatable bonds is 47.